The summed E-state index contributed by atoms with van der Waals surface area (Å²) in [6.07, 6.45) is 0. The number of halogens is 2. The molecular formula is C14H16BrClN2O2. The van der Waals surface area contributed by atoms with Crippen LogP contribution >= 0.6 is 27.5 Å². The van der Waals surface area contributed by atoms with Crippen LogP contribution in [0.2, 0.25) is 5.02 Å². The quantitative estimate of drug-likeness (QED) is 0.882. The first kappa shape index (κ1) is 15.3. The Morgan fingerprint density at radius 2 is 2.00 bits per heavy atom. The maximum absolute atomic E-state index is 12.4. The van der Waals surface area contributed by atoms with Gasteiger partial charge < -0.3 is 5.32 Å². The molecule has 0 radical (unpaired) electrons. The standard InChI is InChI=1S/C14H16BrClN2O2/c1-7(2)12-13(19)17-8(3)14(20)18(12)9-4-5-10(15)11(16)6-9/h4-8,12H,1-3H3,(H,17,19). The molecule has 108 valence electrons. The number of piperazine rings is 1. The lowest BCUT2D eigenvalue weighted by Crippen LogP contribution is -2.64. The van der Waals surface area contributed by atoms with Crippen LogP contribution in [0.3, 0.4) is 0 Å². The van der Waals surface area contributed by atoms with E-state index in [-0.39, 0.29) is 17.7 Å². The third-order valence-corrected chi connectivity index (χ3v) is 4.56. The Morgan fingerprint density at radius 3 is 2.55 bits per heavy atom. The summed E-state index contributed by atoms with van der Waals surface area (Å²) in [5.41, 5.74) is 0.642. The molecule has 4 nitrogen and oxygen atoms in total. The van der Waals surface area contributed by atoms with Crippen molar-refractivity contribution in [1.29, 1.82) is 0 Å². The van der Waals surface area contributed by atoms with Gasteiger partial charge in [0.2, 0.25) is 11.8 Å². The predicted molar refractivity (Wildman–Crippen MR) is 82.9 cm³/mol. The molecule has 1 saturated heterocycles. The van der Waals surface area contributed by atoms with Gasteiger partial charge in [0.15, 0.2) is 0 Å². The molecule has 1 fully saturated rings. The summed E-state index contributed by atoms with van der Waals surface area (Å²) in [5.74, 6) is -0.248. The van der Waals surface area contributed by atoms with Gasteiger partial charge in [0.25, 0.3) is 0 Å². The van der Waals surface area contributed by atoms with Gasteiger partial charge in [-0.15, -0.1) is 0 Å². The topological polar surface area (TPSA) is 49.4 Å². The number of hydrogen-bond donors (Lipinski definition) is 1. The fourth-order valence-corrected chi connectivity index (χ4v) is 2.77. The Morgan fingerprint density at radius 1 is 1.35 bits per heavy atom. The molecule has 2 unspecified atom stereocenters. The maximum Gasteiger partial charge on any atom is 0.250 e. The van der Waals surface area contributed by atoms with Gasteiger partial charge in [-0.1, -0.05) is 25.4 Å². The fraction of sp³-hybridized carbons (Fsp3) is 0.429. The van der Waals surface area contributed by atoms with Crippen molar-refractivity contribution in [3.8, 4) is 0 Å². The van der Waals surface area contributed by atoms with E-state index in [1.54, 1.807) is 30.0 Å². The summed E-state index contributed by atoms with van der Waals surface area (Å²) in [4.78, 5) is 26.2. The molecular weight excluding hydrogens is 344 g/mol. The van der Waals surface area contributed by atoms with E-state index in [4.69, 9.17) is 11.6 Å². The zero-order valence-electron chi connectivity index (χ0n) is 11.5. The maximum atomic E-state index is 12.4. The number of anilines is 1. The Bertz CT molecular complexity index is 562. The van der Waals surface area contributed by atoms with Crippen LogP contribution in [0.15, 0.2) is 22.7 Å². The summed E-state index contributed by atoms with van der Waals surface area (Å²) in [7, 11) is 0. The molecule has 2 rings (SSSR count). The lowest BCUT2D eigenvalue weighted by molar-refractivity contribution is -0.134. The third kappa shape index (κ3) is 2.69. The second kappa shape index (κ2) is 5.74. The van der Waals surface area contributed by atoms with E-state index in [0.717, 1.165) is 4.47 Å². The highest BCUT2D eigenvalue weighted by Crippen LogP contribution is 2.31. The van der Waals surface area contributed by atoms with Crippen LogP contribution in [0.25, 0.3) is 0 Å². The highest BCUT2D eigenvalue weighted by Gasteiger charge is 2.41. The highest BCUT2D eigenvalue weighted by atomic mass is 79.9. The van der Waals surface area contributed by atoms with Crippen molar-refractivity contribution in [2.24, 2.45) is 5.92 Å². The number of benzene rings is 1. The van der Waals surface area contributed by atoms with E-state index in [1.807, 2.05) is 13.8 Å². The average molecular weight is 360 g/mol. The number of carbonyl (C=O) groups excluding carboxylic acids is 2. The van der Waals surface area contributed by atoms with E-state index in [0.29, 0.717) is 10.7 Å². The Kier molecular flexibility index (Phi) is 4.39. The van der Waals surface area contributed by atoms with Crippen LogP contribution < -0.4 is 10.2 Å². The van der Waals surface area contributed by atoms with Gasteiger partial charge in [-0.3, -0.25) is 14.5 Å². The van der Waals surface area contributed by atoms with Crippen LogP contribution in [-0.2, 0) is 9.59 Å². The molecule has 6 heteroatoms. The molecule has 0 saturated carbocycles. The summed E-state index contributed by atoms with van der Waals surface area (Å²) in [5, 5.41) is 3.22. The molecule has 1 heterocycles. The molecule has 1 aliphatic rings. The highest BCUT2D eigenvalue weighted by molar-refractivity contribution is 9.10. The van der Waals surface area contributed by atoms with E-state index in [2.05, 4.69) is 21.2 Å². The Balaban J connectivity index is 2.49. The van der Waals surface area contributed by atoms with Crippen LogP contribution in [-0.4, -0.2) is 23.9 Å². The number of nitrogens with zero attached hydrogens (tertiary/aromatic N) is 1. The van der Waals surface area contributed by atoms with Crippen molar-refractivity contribution >= 4 is 45.0 Å². The Labute approximate surface area is 131 Å². The monoisotopic (exact) mass is 358 g/mol. The molecule has 1 N–H and O–H groups in total. The minimum absolute atomic E-state index is 0.00822. The van der Waals surface area contributed by atoms with Crippen molar-refractivity contribution in [2.45, 2.75) is 32.9 Å². The van der Waals surface area contributed by atoms with Gasteiger partial charge in [-0.05, 0) is 47.0 Å². The molecule has 20 heavy (non-hydrogen) atoms. The normalized spacial score (nSPS) is 23.2. The predicted octanol–water partition coefficient (Wildman–Crippen LogP) is 2.98. The van der Waals surface area contributed by atoms with Crippen molar-refractivity contribution < 1.29 is 9.59 Å². The zero-order chi connectivity index (χ0) is 15.0. The summed E-state index contributed by atoms with van der Waals surface area (Å²) < 4.78 is 0.756. The molecule has 0 aromatic heterocycles. The van der Waals surface area contributed by atoms with Crippen molar-refractivity contribution in [1.82, 2.24) is 5.32 Å². The molecule has 1 aliphatic heterocycles. The van der Waals surface area contributed by atoms with Gasteiger partial charge in [-0.25, -0.2) is 0 Å². The molecule has 0 bridgehead atoms. The number of carbonyl (C=O) groups is 2. The van der Waals surface area contributed by atoms with Gasteiger partial charge >= 0.3 is 0 Å². The zero-order valence-corrected chi connectivity index (χ0v) is 13.8. The number of hydrogen-bond acceptors (Lipinski definition) is 2. The lowest BCUT2D eigenvalue weighted by atomic mass is 9.96. The van der Waals surface area contributed by atoms with Crippen LogP contribution in [0.5, 0.6) is 0 Å². The van der Waals surface area contributed by atoms with E-state index in [1.165, 1.54) is 0 Å². The molecule has 1 aromatic rings. The summed E-state index contributed by atoms with van der Waals surface area (Å²) in [6, 6.07) is 4.22. The van der Waals surface area contributed by atoms with Gasteiger partial charge in [0.1, 0.15) is 12.1 Å². The smallest absolute Gasteiger partial charge is 0.250 e. The largest absolute Gasteiger partial charge is 0.343 e. The van der Waals surface area contributed by atoms with E-state index >= 15 is 0 Å². The van der Waals surface area contributed by atoms with Gasteiger partial charge in [0, 0.05) is 10.2 Å². The van der Waals surface area contributed by atoms with E-state index in [9.17, 15) is 9.59 Å². The first-order valence-corrected chi connectivity index (χ1v) is 7.58. The van der Waals surface area contributed by atoms with Gasteiger partial charge in [-0.2, -0.15) is 0 Å². The average Bonchev–Trinajstić information content (AvgIpc) is 2.36. The third-order valence-electron chi connectivity index (χ3n) is 3.33. The lowest BCUT2D eigenvalue weighted by Gasteiger charge is -2.39. The number of nitrogens with one attached hydrogen (secondary N) is 1. The van der Waals surface area contributed by atoms with E-state index < -0.39 is 12.1 Å². The first-order valence-electron chi connectivity index (χ1n) is 6.41. The minimum atomic E-state index is -0.528. The number of amides is 2. The molecule has 0 aliphatic carbocycles. The van der Waals surface area contributed by atoms with Crippen molar-refractivity contribution in [3.63, 3.8) is 0 Å². The molecule has 0 spiro atoms. The minimum Gasteiger partial charge on any atom is -0.343 e. The number of rotatable bonds is 2. The first-order chi connectivity index (χ1) is 9.32. The molecule has 2 amide bonds. The SMILES string of the molecule is CC1NC(=O)C(C(C)C)N(c2ccc(Br)c(Cl)c2)C1=O. The summed E-state index contributed by atoms with van der Waals surface area (Å²) in [6.45, 7) is 5.52. The Hall–Kier alpha value is -1.07. The molecule has 2 atom stereocenters. The van der Waals surface area contributed by atoms with Crippen molar-refractivity contribution in [3.05, 3.63) is 27.7 Å². The second-order valence-corrected chi connectivity index (χ2v) is 6.49. The second-order valence-electron chi connectivity index (χ2n) is 5.23. The van der Waals surface area contributed by atoms with Crippen molar-refractivity contribution in [2.75, 3.05) is 4.90 Å². The molecule has 1 aromatic carbocycles. The fourth-order valence-electron chi connectivity index (χ4n) is 2.35. The summed E-state index contributed by atoms with van der Waals surface area (Å²) >= 11 is 9.42. The van der Waals surface area contributed by atoms with Crippen LogP contribution in [0, 0.1) is 5.92 Å². The van der Waals surface area contributed by atoms with Gasteiger partial charge in [0.05, 0.1) is 5.02 Å². The van der Waals surface area contributed by atoms with Crippen LogP contribution in [0.1, 0.15) is 20.8 Å². The van der Waals surface area contributed by atoms with Crippen LogP contribution in [0.4, 0.5) is 5.69 Å².